The lowest BCUT2D eigenvalue weighted by Gasteiger charge is -2.11. The number of hydrogen-bond donors (Lipinski definition) is 3. The molecule has 0 saturated heterocycles. The first-order valence-electron chi connectivity index (χ1n) is 6.06. The topological polar surface area (TPSA) is 95.5 Å². The van der Waals surface area contributed by atoms with E-state index in [-0.39, 0.29) is 11.7 Å². The van der Waals surface area contributed by atoms with E-state index in [1.807, 2.05) is 0 Å². The van der Waals surface area contributed by atoms with E-state index in [2.05, 4.69) is 10.6 Å². The third-order valence-electron chi connectivity index (χ3n) is 2.66. The summed E-state index contributed by atoms with van der Waals surface area (Å²) in [5, 5.41) is 13.8. The molecule has 3 N–H and O–H groups in total. The minimum Gasteiger partial charge on any atom is -0.481 e. The molecule has 0 spiro atoms. The molecule has 0 aliphatic carbocycles. The molecule has 2 unspecified atom stereocenters. The van der Waals surface area contributed by atoms with Crippen LogP contribution in [0.1, 0.15) is 12.5 Å². The summed E-state index contributed by atoms with van der Waals surface area (Å²) in [5.74, 6) is -0.925. The van der Waals surface area contributed by atoms with Crippen LogP contribution in [0.15, 0.2) is 24.3 Å². The van der Waals surface area contributed by atoms with E-state index >= 15 is 0 Å². The average molecular weight is 298 g/mol. The van der Waals surface area contributed by atoms with E-state index in [1.165, 1.54) is 0 Å². The Morgan fingerprint density at radius 2 is 2.10 bits per heavy atom. The van der Waals surface area contributed by atoms with Crippen molar-refractivity contribution in [3.05, 3.63) is 29.8 Å². The fourth-order valence-electron chi connectivity index (χ4n) is 1.46. The molecule has 0 aliphatic rings. The molecule has 0 bridgehead atoms. The summed E-state index contributed by atoms with van der Waals surface area (Å²) in [5.41, 5.74) is 1.13. The highest BCUT2D eigenvalue weighted by molar-refractivity contribution is 7.84. The maximum absolute atomic E-state index is 11.6. The first-order valence-corrected chi connectivity index (χ1v) is 7.68. The van der Waals surface area contributed by atoms with Crippen LogP contribution in [0.5, 0.6) is 0 Å². The Morgan fingerprint density at radius 3 is 2.70 bits per heavy atom. The minimum atomic E-state index is -0.991. The van der Waals surface area contributed by atoms with Gasteiger partial charge in [-0.25, -0.2) is 4.79 Å². The van der Waals surface area contributed by atoms with Gasteiger partial charge in [0.25, 0.3) is 0 Å². The summed E-state index contributed by atoms with van der Waals surface area (Å²) in [6, 6.07) is 6.23. The number of nitrogens with one attached hydrogen (secondary N) is 2. The SMILES string of the molecule is CC(CNC(=O)Nc1cccc(CC(=O)O)c1)S(C)=O. The molecule has 0 aromatic heterocycles. The lowest BCUT2D eigenvalue weighted by Crippen LogP contribution is -2.35. The Balaban J connectivity index is 2.53. The lowest BCUT2D eigenvalue weighted by molar-refractivity contribution is -0.136. The number of rotatable bonds is 6. The number of carboxylic acid groups (broad SMARTS) is 1. The van der Waals surface area contributed by atoms with Crippen molar-refractivity contribution in [2.45, 2.75) is 18.6 Å². The van der Waals surface area contributed by atoms with Crippen molar-refractivity contribution >= 4 is 28.5 Å². The van der Waals surface area contributed by atoms with Gasteiger partial charge in [0.1, 0.15) is 0 Å². The smallest absolute Gasteiger partial charge is 0.319 e. The molecule has 0 heterocycles. The van der Waals surface area contributed by atoms with Crippen LogP contribution in [0.3, 0.4) is 0 Å². The Bertz CT molecular complexity index is 519. The lowest BCUT2D eigenvalue weighted by atomic mass is 10.1. The van der Waals surface area contributed by atoms with E-state index in [9.17, 15) is 13.8 Å². The second-order valence-electron chi connectivity index (χ2n) is 4.42. The van der Waals surface area contributed by atoms with E-state index < -0.39 is 22.8 Å². The van der Waals surface area contributed by atoms with E-state index in [1.54, 1.807) is 37.4 Å². The second-order valence-corrected chi connectivity index (χ2v) is 6.22. The van der Waals surface area contributed by atoms with Gasteiger partial charge < -0.3 is 15.7 Å². The molecule has 1 aromatic carbocycles. The molecular weight excluding hydrogens is 280 g/mol. The minimum absolute atomic E-state index is 0.0943. The fraction of sp³-hybridized carbons (Fsp3) is 0.385. The van der Waals surface area contributed by atoms with Gasteiger partial charge in [-0.15, -0.1) is 0 Å². The molecule has 2 atom stereocenters. The van der Waals surface area contributed by atoms with E-state index in [4.69, 9.17) is 5.11 Å². The van der Waals surface area contributed by atoms with Gasteiger partial charge in [-0.3, -0.25) is 9.00 Å². The predicted octanol–water partition coefficient (Wildman–Crippen LogP) is 1.20. The summed E-state index contributed by atoms with van der Waals surface area (Å²) < 4.78 is 11.1. The van der Waals surface area contributed by atoms with Crippen LogP contribution in [0, 0.1) is 0 Å². The van der Waals surface area contributed by atoms with Crippen molar-refractivity contribution in [3.8, 4) is 0 Å². The van der Waals surface area contributed by atoms with Crippen LogP contribution in [0.4, 0.5) is 10.5 Å². The third-order valence-corrected chi connectivity index (χ3v) is 3.96. The molecule has 110 valence electrons. The molecule has 7 heteroatoms. The molecule has 0 radical (unpaired) electrons. The molecule has 0 fully saturated rings. The fourth-order valence-corrected chi connectivity index (χ4v) is 1.78. The first kappa shape index (κ1) is 16.2. The van der Waals surface area contributed by atoms with Gasteiger partial charge in [-0.2, -0.15) is 0 Å². The van der Waals surface area contributed by atoms with Crippen molar-refractivity contribution in [2.24, 2.45) is 0 Å². The van der Waals surface area contributed by atoms with Crippen LogP contribution >= 0.6 is 0 Å². The highest BCUT2D eigenvalue weighted by Crippen LogP contribution is 2.11. The van der Waals surface area contributed by atoms with Gasteiger partial charge in [0, 0.05) is 34.5 Å². The Morgan fingerprint density at radius 1 is 1.40 bits per heavy atom. The Kier molecular flexibility index (Phi) is 6.17. The molecule has 0 aliphatic heterocycles. The van der Waals surface area contributed by atoms with Crippen molar-refractivity contribution < 1.29 is 18.9 Å². The molecule has 6 nitrogen and oxygen atoms in total. The summed E-state index contributed by atoms with van der Waals surface area (Å²) >= 11 is 0. The summed E-state index contributed by atoms with van der Waals surface area (Å²) in [6.45, 7) is 2.09. The summed E-state index contributed by atoms with van der Waals surface area (Å²) in [7, 11) is -0.991. The van der Waals surface area contributed by atoms with Gasteiger partial charge >= 0.3 is 12.0 Å². The van der Waals surface area contributed by atoms with Gasteiger partial charge in [-0.05, 0) is 24.6 Å². The number of urea groups is 1. The van der Waals surface area contributed by atoms with Crippen LogP contribution in [-0.2, 0) is 22.0 Å². The standard InChI is InChI=1S/C13H18N2O4S/c1-9(20(2)19)8-14-13(18)15-11-5-3-4-10(6-11)7-12(16)17/h3-6,9H,7-8H2,1-2H3,(H,16,17)(H2,14,15,18). The number of carbonyl (C=O) groups excluding carboxylic acids is 1. The van der Waals surface area contributed by atoms with E-state index in [0.717, 1.165) is 0 Å². The first-order chi connectivity index (χ1) is 9.38. The molecule has 0 saturated carbocycles. The second kappa shape index (κ2) is 7.64. The van der Waals surface area contributed by atoms with Crippen molar-refractivity contribution in [3.63, 3.8) is 0 Å². The molecule has 2 amide bonds. The number of benzene rings is 1. The third kappa shape index (κ3) is 5.83. The molecule has 20 heavy (non-hydrogen) atoms. The maximum Gasteiger partial charge on any atom is 0.319 e. The summed E-state index contributed by atoms with van der Waals surface area (Å²) in [4.78, 5) is 22.3. The Labute approximate surface area is 120 Å². The van der Waals surface area contributed by atoms with Gasteiger partial charge in [0.05, 0.1) is 6.42 Å². The number of anilines is 1. The largest absolute Gasteiger partial charge is 0.481 e. The van der Waals surface area contributed by atoms with Gasteiger partial charge in [-0.1, -0.05) is 12.1 Å². The Hall–Kier alpha value is -1.89. The number of hydrogen-bond acceptors (Lipinski definition) is 3. The van der Waals surface area contributed by atoms with Crippen LogP contribution in [0.25, 0.3) is 0 Å². The molecular formula is C13H18N2O4S. The van der Waals surface area contributed by atoms with Crippen molar-refractivity contribution in [1.29, 1.82) is 0 Å². The molecule has 1 rings (SSSR count). The number of aliphatic carboxylic acids is 1. The van der Waals surface area contributed by atoms with Gasteiger partial charge in [0.15, 0.2) is 0 Å². The van der Waals surface area contributed by atoms with Crippen LogP contribution < -0.4 is 10.6 Å². The highest BCUT2D eigenvalue weighted by atomic mass is 32.2. The summed E-state index contributed by atoms with van der Waals surface area (Å²) in [6.07, 6.45) is 1.49. The zero-order chi connectivity index (χ0) is 15.1. The molecule has 1 aromatic rings. The normalized spacial score (nSPS) is 13.3. The predicted molar refractivity (Wildman–Crippen MR) is 78.3 cm³/mol. The highest BCUT2D eigenvalue weighted by Gasteiger charge is 2.09. The monoisotopic (exact) mass is 298 g/mol. The van der Waals surface area contributed by atoms with Gasteiger partial charge in [0.2, 0.25) is 0 Å². The zero-order valence-corrected chi connectivity index (χ0v) is 12.2. The number of carbonyl (C=O) groups is 2. The quantitative estimate of drug-likeness (QED) is 0.735. The average Bonchev–Trinajstić information content (AvgIpc) is 2.35. The number of amides is 2. The number of carboxylic acids is 1. The van der Waals surface area contributed by atoms with Crippen molar-refractivity contribution in [1.82, 2.24) is 5.32 Å². The zero-order valence-electron chi connectivity index (χ0n) is 11.4. The van der Waals surface area contributed by atoms with Crippen LogP contribution in [0.2, 0.25) is 0 Å². The van der Waals surface area contributed by atoms with Crippen molar-refractivity contribution in [2.75, 3.05) is 18.1 Å². The van der Waals surface area contributed by atoms with E-state index in [0.29, 0.717) is 17.8 Å². The van der Waals surface area contributed by atoms with Crippen LogP contribution in [-0.4, -0.2) is 39.4 Å². The maximum atomic E-state index is 11.6.